The predicted molar refractivity (Wildman–Crippen MR) is 65.2 cm³/mol. The number of halogens is 1. The summed E-state index contributed by atoms with van der Waals surface area (Å²) in [5.41, 5.74) is 0. The molecule has 96 valence electrons. The van der Waals surface area contributed by atoms with Crippen LogP contribution in [0.3, 0.4) is 0 Å². The molecule has 1 amide bonds. The molecule has 0 aromatic carbocycles. The van der Waals surface area contributed by atoms with Gasteiger partial charge in [0.05, 0.1) is 0 Å². The maximum absolute atomic E-state index is 12.1. The molecule has 1 fully saturated rings. The Kier molecular flexibility index (Phi) is 7.30. The lowest BCUT2D eigenvalue weighted by Gasteiger charge is -2.41. The van der Waals surface area contributed by atoms with Crippen LogP contribution in [0.1, 0.15) is 34.6 Å². The monoisotopic (exact) mass is 232 g/mol. The van der Waals surface area contributed by atoms with Crippen LogP contribution in [-0.4, -0.2) is 54.1 Å². The molecule has 3 nitrogen and oxygen atoms in total. The van der Waals surface area contributed by atoms with Gasteiger partial charge in [-0.25, -0.2) is 4.39 Å². The number of rotatable bonds is 2. The Balaban J connectivity index is 0.00000106. The highest BCUT2D eigenvalue weighted by molar-refractivity contribution is 5.77. The van der Waals surface area contributed by atoms with Crippen molar-refractivity contribution < 1.29 is 9.18 Å². The van der Waals surface area contributed by atoms with Crippen molar-refractivity contribution in [2.24, 2.45) is 0 Å². The number of hydrogen-bond donors (Lipinski definition) is 0. The molecule has 1 aliphatic rings. The Labute approximate surface area is 98.6 Å². The Morgan fingerprint density at radius 1 is 1.38 bits per heavy atom. The third kappa shape index (κ3) is 4.08. The quantitative estimate of drug-likeness (QED) is 0.726. The van der Waals surface area contributed by atoms with E-state index < -0.39 is 6.67 Å². The first-order valence-corrected chi connectivity index (χ1v) is 6.15. The number of alkyl halides is 1. The summed E-state index contributed by atoms with van der Waals surface area (Å²) in [6.45, 7) is 11.7. The molecule has 0 radical (unpaired) electrons. The number of carbonyl (C=O) groups excluding carboxylic acids is 1. The molecule has 0 aliphatic carbocycles. The number of nitrogens with zero attached hydrogens (tertiary/aromatic N) is 2. The lowest BCUT2D eigenvalue weighted by molar-refractivity contribution is -0.135. The van der Waals surface area contributed by atoms with E-state index in [2.05, 4.69) is 25.7 Å². The van der Waals surface area contributed by atoms with Crippen LogP contribution in [0.2, 0.25) is 0 Å². The van der Waals surface area contributed by atoms with Crippen LogP contribution in [0.4, 0.5) is 4.39 Å². The van der Waals surface area contributed by atoms with Gasteiger partial charge in [-0.2, -0.15) is 0 Å². The number of amides is 1. The van der Waals surface area contributed by atoms with Gasteiger partial charge >= 0.3 is 0 Å². The molecule has 0 saturated carbocycles. The number of hydrogen-bond acceptors (Lipinski definition) is 2. The smallest absolute Gasteiger partial charge is 0.254 e. The zero-order valence-electron chi connectivity index (χ0n) is 11.2. The van der Waals surface area contributed by atoms with Gasteiger partial charge in [0.25, 0.3) is 5.91 Å². The Bertz CT molecular complexity index is 209. The summed E-state index contributed by atoms with van der Waals surface area (Å²) in [5, 5.41) is 0. The van der Waals surface area contributed by atoms with Crippen molar-refractivity contribution in [3.8, 4) is 0 Å². The minimum atomic E-state index is -0.867. The van der Waals surface area contributed by atoms with Crippen molar-refractivity contribution in [1.29, 1.82) is 0 Å². The Morgan fingerprint density at radius 2 is 1.94 bits per heavy atom. The van der Waals surface area contributed by atoms with Crippen LogP contribution in [0.25, 0.3) is 0 Å². The SMILES string of the molecule is CC.CC(C)N1CCN(C(=O)CF)CC1C. The third-order valence-electron chi connectivity index (χ3n) is 2.81. The zero-order valence-corrected chi connectivity index (χ0v) is 11.2. The molecule has 0 bridgehead atoms. The van der Waals surface area contributed by atoms with E-state index in [1.54, 1.807) is 4.90 Å². The highest BCUT2D eigenvalue weighted by atomic mass is 19.1. The first-order chi connectivity index (χ1) is 7.56. The van der Waals surface area contributed by atoms with Crippen molar-refractivity contribution in [2.45, 2.75) is 46.7 Å². The standard InChI is InChI=1S/C10H19FN2O.C2H6/c1-8(2)13-5-4-12(7-9(13)3)10(14)6-11;1-2/h8-9H,4-7H2,1-3H3;1-2H3. The summed E-state index contributed by atoms with van der Waals surface area (Å²) < 4.78 is 12.1. The van der Waals surface area contributed by atoms with Gasteiger partial charge in [-0.05, 0) is 20.8 Å². The molecule has 0 aromatic heterocycles. The van der Waals surface area contributed by atoms with Crippen LogP contribution < -0.4 is 0 Å². The van der Waals surface area contributed by atoms with Gasteiger partial charge in [-0.1, -0.05) is 13.8 Å². The molecule has 16 heavy (non-hydrogen) atoms. The maximum Gasteiger partial charge on any atom is 0.254 e. The largest absolute Gasteiger partial charge is 0.338 e. The topological polar surface area (TPSA) is 23.6 Å². The minimum absolute atomic E-state index is 0.333. The second-order valence-corrected chi connectivity index (χ2v) is 4.15. The van der Waals surface area contributed by atoms with E-state index in [9.17, 15) is 9.18 Å². The average molecular weight is 232 g/mol. The van der Waals surface area contributed by atoms with E-state index in [-0.39, 0.29) is 5.91 Å². The second kappa shape index (κ2) is 7.60. The Morgan fingerprint density at radius 3 is 2.31 bits per heavy atom. The van der Waals surface area contributed by atoms with Gasteiger partial charge in [0.15, 0.2) is 6.67 Å². The second-order valence-electron chi connectivity index (χ2n) is 4.15. The summed E-state index contributed by atoms with van der Waals surface area (Å²) in [4.78, 5) is 15.1. The zero-order chi connectivity index (χ0) is 12.7. The Hall–Kier alpha value is -0.640. The van der Waals surface area contributed by atoms with Gasteiger partial charge in [-0.3, -0.25) is 9.69 Å². The van der Waals surface area contributed by atoms with Gasteiger partial charge in [0, 0.05) is 31.7 Å². The van der Waals surface area contributed by atoms with Crippen LogP contribution in [0.15, 0.2) is 0 Å². The van der Waals surface area contributed by atoms with E-state index in [0.717, 1.165) is 6.54 Å². The molecule has 1 unspecified atom stereocenters. The maximum atomic E-state index is 12.1. The molecule has 1 aliphatic heterocycles. The van der Waals surface area contributed by atoms with E-state index in [0.29, 0.717) is 25.2 Å². The van der Waals surface area contributed by atoms with Gasteiger partial charge in [0.1, 0.15) is 0 Å². The highest BCUT2D eigenvalue weighted by Gasteiger charge is 2.27. The molecule has 4 heteroatoms. The molecule has 0 aromatic rings. The summed E-state index contributed by atoms with van der Waals surface area (Å²) >= 11 is 0. The van der Waals surface area contributed by atoms with Gasteiger partial charge in [0.2, 0.25) is 0 Å². The molecular weight excluding hydrogens is 207 g/mol. The summed E-state index contributed by atoms with van der Waals surface area (Å²) in [7, 11) is 0. The predicted octanol–water partition coefficient (Wildman–Crippen LogP) is 1.92. The fourth-order valence-corrected chi connectivity index (χ4v) is 2.05. The van der Waals surface area contributed by atoms with Crippen LogP contribution in [0, 0.1) is 0 Å². The van der Waals surface area contributed by atoms with Crippen LogP contribution >= 0.6 is 0 Å². The first-order valence-electron chi connectivity index (χ1n) is 6.15. The molecule has 1 heterocycles. The van der Waals surface area contributed by atoms with Gasteiger partial charge in [-0.15, -0.1) is 0 Å². The first kappa shape index (κ1) is 15.4. The van der Waals surface area contributed by atoms with E-state index in [1.807, 2.05) is 13.8 Å². The average Bonchev–Trinajstić information content (AvgIpc) is 2.30. The number of piperazine rings is 1. The summed E-state index contributed by atoms with van der Waals surface area (Å²) in [6, 6.07) is 0.826. The minimum Gasteiger partial charge on any atom is -0.338 e. The number of carbonyl (C=O) groups is 1. The van der Waals surface area contributed by atoms with Gasteiger partial charge < -0.3 is 4.90 Å². The summed E-state index contributed by atoms with van der Waals surface area (Å²) in [5.74, 6) is -0.375. The summed E-state index contributed by atoms with van der Waals surface area (Å²) in [6.07, 6.45) is 0. The molecule has 0 spiro atoms. The van der Waals surface area contributed by atoms with Crippen LogP contribution in [0.5, 0.6) is 0 Å². The molecule has 1 saturated heterocycles. The third-order valence-corrected chi connectivity index (χ3v) is 2.81. The fourth-order valence-electron chi connectivity index (χ4n) is 2.05. The molecule has 0 N–H and O–H groups in total. The van der Waals surface area contributed by atoms with E-state index >= 15 is 0 Å². The van der Waals surface area contributed by atoms with Crippen molar-refractivity contribution >= 4 is 5.91 Å². The van der Waals surface area contributed by atoms with Crippen molar-refractivity contribution in [2.75, 3.05) is 26.3 Å². The van der Waals surface area contributed by atoms with E-state index in [4.69, 9.17) is 0 Å². The lowest BCUT2D eigenvalue weighted by atomic mass is 10.1. The lowest BCUT2D eigenvalue weighted by Crippen LogP contribution is -2.55. The van der Waals surface area contributed by atoms with Crippen molar-refractivity contribution in [3.05, 3.63) is 0 Å². The van der Waals surface area contributed by atoms with E-state index in [1.165, 1.54) is 0 Å². The normalized spacial score (nSPS) is 21.7. The highest BCUT2D eigenvalue weighted by Crippen LogP contribution is 2.12. The molecule has 1 rings (SSSR count). The van der Waals surface area contributed by atoms with Crippen LogP contribution in [-0.2, 0) is 4.79 Å². The molecule has 1 atom stereocenters. The van der Waals surface area contributed by atoms with Crippen molar-refractivity contribution in [3.63, 3.8) is 0 Å². The fraction of sp³-hybridized carbons (Fsp3) is 0.917. The van der Waals surface area contributed by atoms with Crippen molar-refractivity contribution in [1.82, 2.24) is 9.80 Å². The molecular formula is C12H25FN2O.